The first-order valence-corrected chi connectivity index (χ1v) is 8.88. The van der Waals surface area contributed by atoms with Crippen LogP contribution >= 0.6 is 0 Å². The Bertz CT molecular complexity index is 936. The number of methoxy groups -OCH3 is 1. The summed E-state index contributed by atoms with van der Waals surface area (Å²) in [7, 11) is 1.35. The summed E-state index contributed by atoms with van der Waals surface area (Å²) < 4.78 is 10.5. The minimum absolute atomic E-state index is 0.156. The molecule has 1 N–H and O–H groups in total. The Kier molecular flexibility index (Phi) is 6.41. The van der Waals surface area contributed by atoms with Gasteiger partial charge in [-0.15, -0.1) is 0 Å². The highest BCUT2D eigenvalue weighted by Gasteiger charge is 2.08. The Labute approximate surface area is 163 Å². The summed E-state index contributed by atoms with van der Waals surface area (Å²) in [4.78, 5) is 23.8. The second-order valence-corrected chi connectivity index (χ2v) is 6.17. The van der Waals surface area contributed by atoms with E-state index in [0.29, 0.717) is 30.0 Å². The molecule has 0 heterocycles. The molecule has 0 atom stereocenters. The Morgan fingerprint density at radius 3 is 2.29 bits per heavy atom. The molecule has 3 aromatic rings. The van der Waals surface area contributed by atoms with E-state index >= 15 is 0 Å². The van der Waals surface area contributed by atoms with E-state index in [1.54, 1.807) is 36.4 Å². The van der Waals surface area contributed by atoms with Crippen molar-refractivity contribution in [3.8, 4) is 5.75 Å². The number of hydrogen-bond acceptors (Lipinski definition) is 4. The number of benzene rings is 3. The Hall–Kier alpha value is -3.60. The van der Waals surface area contributed by atoms with E-state index in [1.807, 2.05) is 42.5 Å². The molecule has 1 amide bonds. The lowest BCUT2D eigenvalue weighted by Gasteiger charge is -2.09. The summed E-state index contributed by atoms with van der Waals surface area (Å²) in [6.07, 6.45) is 0. The number of carbonyl (C=O) groups is 2. The van der Waals surface area contributed by atoms with Crippen LogP contribution in [-0.4, -0.2) is 19.0 Å². The Morgan fingerprint density at radius 1 is 0.821 bits per heavy atom. The number of ether oxygens (including phenoxy) is 2. The van der Waals surface area contributed by atoms with Crippen LogP contribution in [0.5, 0.6) is 5.75 Å². The molecule has 142 valence electrons. The maximum atomic E-state index is 12.4. The highest BCUT2D eigenvalue weighted by molar-refractivity contribution is 5.94. The van der Waals surface area contributed by atoms with E-state index in [2.05, 4.69) is 10.1 Å². The van der Waals surface area contributed by atoms with Crippen LogP contribution in [0.4, 0.5) is 0 Å². The average Bonchev–Trinajstić information content (AvgIpc) is 2.76. The molecule has 3 rings (SSSR count). The summed E-state index contributed by atoms with van der Waals surface area (Å²) in [6.45, 7) is 0.799. The van der Waals surface area contributed by atoms with Gasteiger partial charge in [0, 0.05) is 12.1 Å². The van der Waals surface area contributed by atoms with Crippen LogP contribution in [0.15, 0.2) is 78.9 Å². The third kappa shape index (κ3) is 5.20. The molecule has 0 unspecified atom stereocenters. The molecule has 0 fully saturated rings. The fraction of sp³-hybridized carbons (Fsp3) is 0.130. The zero-order valence-corrected chi connectivity index (χ0v) is 15.6. The molecule has 0 saturated carbocycles. The van der Waals surface area contributed by atoms with E-state index in [9.17, 15) is 9.59 Å². The zero-order valence-electron chi connectivity index (χ0n) is 15.6. The van der Waals surface area contributed by atoms with Gasteiger partial charge in [0.05, 0.1) is 12.7 Å². The molecule has 5 nitrogen and oxygen atoms in total. The third-order valence-corrected chi connectivity index (χ3v) is 4.17. The fourth-order valence-electron chi connectivity index (χ4n) is 2.63. The van der Waals surface area contributed by atoms with E-state index in [-0.39, 0.29) is 11.9 Å². The van der Waals surface area contributed by atoms with Gasteiger partial charge in [0.2, 0.25) is 0 Å². The zero-order chi connectivity index (χ0) is 19.8. The van der Waals surface area contributed by atoms with E-state index in [1.165, 1.54) is 7.11 Å². The van der Waals surface area contributed by atoms with Crippen molar-refractivity contribution in [1.29, 1.82) is 0 Å². The fourth-order valence-corrected chi connectivity index (χ4v) is 2.63. The van der Waals surface area contributed by atoms with Crippen LogP contribution in [-0.2, 0) is 17.9 Å². The lowest BCUT2D eigenvalue weighted by Crippen LogP contribution is -2.22. The van der Waals surface area contributed by atoms with Crippen molar-refractivity contribution in [3.05, 3.63) is 101 Å². The SMILES string of the molecule is COC(=O)c1ccc(COc2cccc(C(=O)NCc3ccccc3)c2)cc1. The van der Waals surface area contributed by atoms with E-state index in [0.717, 1.165) is 11.1 Å². The van der Waals surface area contributed by atoms with Crippen molar-refractivity contribution in [2.75, 3.05) is 7.11 Å². The molecule has 0 aromatic heterocycles. The summed E-state index contributed by atoms with van der Waals surface area (Å²) in [5, 5.41) is 2.90. The number of amides is 1. The second kappa shape index (κ2) is 9.37. The molecule has 0 radical (unpaired) electrons. The monoisotopic (exact) mass is 375 g/mol. The molecule has 5 heteroatoms. The number of hydrogen-bond donors (Lipinski definition) is 1. The quantitative estimate of drug-likeness (QED) is 0.635. The van der Waals surface area contributed by atoms with Crippen LogP contribution in [0.3, 0.4) is 0 Å². The van der Waals surface area contributed by atoms with Gasteiger partial charge >= 0.3 is 5.97 Å². The maximum Gasteiger partial charge on any atom is 0.337 e. The predicted octanol–water partition coefficient (Wildman–Crippen LogP) is 3.98. The highest BCUT2D eigenvalue weighted by atomic mass is 16.5. The van der Waals surface area contributed by atoms with Crippen LogP contribution < -0.4 is 10.1 Å². The molecule has 3 aromatic carbocycles. The van der Waals surface area contributed by atoms with Crippen molar-refractivity contribution in [2.45, 2.75) is 13.2 Å². The van der Waals surface area contributed by atoms with Crippen LogP contribution in [0, 0.1) is 0 Å². The van der Waals surface area contributed by atoms with Crippen LogP contribution in [0.1, 0.15) is 31.8 Å². The normalized spacial score (nSPS) is 10.2. The maximum absolute atomic E-state index is 12.4. The van der Waals surface area contributed by atoms with Gasteiger partial charge in [-0.25, -0.2) is 4.79 Å². The molecule has 0 aliphatic heterocycles. The standard InChI is InChI=1S/C23H21NO4/c1-27-23(26)19-12-10-18(11-13-19)16-28-21-9-5-8-20(14-21)22(25)24-15-17-6-3-2-4-7-17/h2-14H,15-16H2,1H3,(H,24,25). The number of nitrogens with one attached hydrogen (secondary N) is 1. The van der Waals surface area contributed by atoms with Gasteiger partial charge in [-0.3, -0.25) is 4.79 Å². The van der Waals surface area contributed by atoms with Crippen LogP contribution in [0.2, 0.25) is 0 Å². The van der Waals surface area contributed by atoms with Gasteiger partial charge in [-0.1, -0.05) is 48.5 Å². The van der Waals surface area contributed by atoms with Crippen molar-refractivity contribution in [3.63, 3.8) is 0 Å². The summed E-state index contributed by atoms with van der Waals surface area (Å²) in [6, 6.07) is 23.8. The summed E-state index contributed by atoms with van der Waals surface area (Å²) in [5.41, 5.74) is 2.98. The lowest BCUT2D eigenvalue weighted by atomic mass is 10.1. The molecule has 28 heavy (non-hydrogen) atoms. The van der Waals surface area contributed by atoms with E-state index < -0.39 is 0 Å². The van der Waals surface area contributed by atoms with Crippen molar-refractivity contribution < 1.29 is 19.1 Å². The molecular formula is C23H21NO4. The predicted molar refractivity (Wildman–Crippen MR) is 106 cm³/mol. The van der Waals surface area contributed by atoms with Gasteiger partial charge in [0.25, 0.3) is 5.91 Å². The van der Waals surface area contributed by atoms with Gasteiger partial charge < -0.3 is 14.8 Å². The van der Waals surface area contributed by atoms with Crippen molar-refractivity contribution in [2.24, 2.45) is 0 Å². The minimum Gasteiger partial charge on any atom is -0.489 e. The molecule has 0 saturated heterocycles. The minimum atomic E-state index is -0.373. The number of esters is 1. The van der Waals surface area contributed by atoms with Crippen molar-refractivity contribution >= 4 is 11.9 Å². The smallest absolute Gasteiger partial charge is 0.337 e. The largest absolute Gasteiger partial charge is 0.489 e. The summed E-state index contributed by atoms with van der Waals surface area (Å²) in [5.74, 6) is 0.0721. The molecule has 0 bridgehead atoms. The van der Waals surface area contributed by atoms with E-state index in [4.69, 9.17) is 4.74 Å². The number of rotatable bonds is 7. The van der Waals surface area contributed by atoms with Gasteiger partial charge in [0.15, 0.2) is 0 Å². The third-order valence-electron chi connectivity index (χ3n) is 4.17. The first-order chi connectivity index (χ1) is 13.7. The molecule has 0 spiro atoms. The van der Waals surface area contributed by atoms with Gasteiger partial charge in [-0.2, -0.15) is 0 Å². The Morgan fingerprint density at radius 2 is 1.57 bits per heavy atom. The Balaban J connectivity index is 1.57. The average molecular weight is 375 g/mol. The first kappa shape index (κ1) is 19.2. The topological polar surface area (TPSA) is 64.6 Å². The van der Waals surface area contributed by atoms with Gasteiger partial charge in [-0.05, 0) is 41.5 Å². The van der Waals surface area contributed by atoms with Gasteiger partial charge in [0.1, 0.15) is 12.4 Å². The first-order valence-electron chi connectivity index (χ1n) is 8.88. The molecule has 0 aliphatic carbocycles. The lowest BCUT2D eigenvalue weighted by molar-refractivity contribution is 0.0600. The highest BCUT2D eigenvalue weighted by Crippen LogP contribution is 2.16. The molecule has 0 aliphatic rings. The summed E-state index contributed by atoms with van der Waals surface area (Å²) >= 11 is 0. The van der Waals surface area contributed by atoms with Crippen LogP contribution in [0.25, 0.3) is 0 Å². The number of carbonyl (C=O) groups excluding carboxylic acids is 2. The van der Waals surface area contributed by atoms with Crippen molar-refractivity contribution in [1.82, 2.24) is 5.32 Å². The molecular weight excluding hydrogens is 354 g/mol. The second-order valence-electron chi connectivity index (χ2n) is 6.17.